The van der Waals surface area contributed by atoms with Crippen molar-refractivity contribution in [1.29, 1.82) is 0 Å². The van der Waals surface area contributed by atoms with Gasteiger partial charge in [0.1, 0.15) is 0 Å². The van der Waals surface area contributed by atoms with Crippen molar-refractivity contribution < 1.29 is 9.90 Å². The molecule has 0 radical (unpaired) electrons. The van der Waals surface area contributed by atoms with Crippen LogP contribution in [0.15, 0.2) is 18.5 Å². The second-order valence-electron chi connectivity index (χ2n) is 3.11. The highest BCUT2D eigenvalue weighted by molar-refractivity contribution is 5.76. The fourth-order valence-electron chi connectivity index (χ4n) is 1.27. The largest absolute Gasteiger partial charge is 0.481 e. The summed E-state index contributed by atoms with van der Waals surface area (Å²) in [6.45, 7) is 2.10. The van der Waals surface area contributed by atoms with Gasteiger partial charge in [-0.2, -0.15) is 0 Å². The van der Waals surface area contributed by atoms with E-state index in [1.54, 1.807) is 12.4 Å². The lowest BCUT2D eigenvalue weighted by atomic mass is 9.99. The minimum Gasteiger partial charge on any atom is -0.481 e. The van der Waals surface area contributed by atoms with E-state index in [0.29, 0.717) is 5.56 Å². The summed E-state index contributed by atoms with van der Waals surface area (Å²) in [6, 6.07) is 1.85. The quantitative estimate of drug-likeness (QED) is 0.742. The van der Waals surface area contributed by atoms with Gasteiger partial charge < -0.3 is 10.8 Å². The van der Waals surface area contributed by atoms with Crippen LogP contribution in [0.4, 0.5) is 0 Å². The number of rotatable bonds is 4. The maximum atomic E-state index is 10.8. The van der Waals surface area contributed by atoms with Crippen molar-refractivity contribution in [3.8, 4) is 0 Å². The Morgan fingerprint density at radius 2 is 2.36 bits per heavy atom. The van der Waals surface area contributed by atoms with Crippen molar-refractivity contribution in [1.82, 2.24) is 4.98 Å². The van der Waals surface area contributed by atoms with Crippen LogP contribution < -0.4 is 5.73 Å². The SMILES string of the molecule is CCc1cncc(C(CN)C(=O)O)c1. The van der Waals surface area contributed by atoms with Gasteiger partial charge in [0.05, 0.1) is 5.92 Å². The number of aromatic nitrogens is 1. The van der Waals surface area contributed by atoms with Crippen LogP contribution in [0.25, 0.3) is 0 Å². The van der Waals surface area contributed by atoms with Crippen LogP contribution in [0, 0.1) is 0 Å². The van der Waals surface area contributed by atoms with E-state index in [1.165, 1.54) is 0 Å². The van der Waals surface area contributed by atoms with Crippen LogP contribution in [0.1, 0.15) is 24.0 Å². The molecule has 0 bridgehead atoms. The molecule has 1 aromatic heterocycles. The number of aryl methyl sites for hydroxylation is 1. The van der Waals surface area contributed by atoms with Gasteiger partial charge in [-0.15, -0.1) is 0 Å². The summed E-state index contributed by atoms with van der Waals surface area (Å²) in [4.78, 5) is 14.8. The number of carboxylic acids is 1. The second kappa shape index (κ2) is 4.72. The molecule has 1 rings (SSSR count). The van der Waals surface area contributed by atoms with E-state index in [2.05, 4.69) is 4.98 Å². The Morgan fingerprint density at radius 1 is 1.64 bits per heavy atom. The van der Waals surface area contributed by atoms with Gasteiger partial charge in [0.25, 0.3) is 0 Å². The molecule has 1 unspecified atom stereocenters. The van der Waals surface area contributed by atoms with E-state index in [4.69, 9.17) is 10.8 Å². The van der Waals surface area contributed by atoms with Crippen molar-refractivity contribution in [2.24, 2.45) is 5.73 Å². The molecule has 1 atom stereocenters. The minimum absolute atomic E-state index is 0.101. The van der Waals surface area contributed by atoms with Crippen LogP contribution in [0.5, 0.6) is 0 Å². The van der Waals surface area contributed by atoms with Gasteiger partial charge in [0, 0.05) is 18.9 Å². The van der Waals surface area contributed by atoms with Crippen LogP contribution in [-0.2, 0) is 11.2 Å². The number of pyridine rings is 1. The lowest BCUT2D eigenvalue weighted by Gasteiger charge is -2.10. The standard InChI is InChI=1S/C10H14N2O2/c1-2-7-3-8(6-12-5-7)9(4-11)10(13)14/h3,5-6,9H,2,4,11H2,1H3,(H,13,14). The van der Waals surface area contributed by atoms with E-state index in [1.807, 2.05) is 13.0 Å². The minimum atomic E-state index is -0.900. The Morgan fingerprint density at radius 3 is 2.86 bits per heavy atom. The van der Waals surface area contributed by atoms with Gasteiger partial charge in [-0.25, -0.2) is 0 Å². The number of carboxylic acid groups (broad SMARTS) is 1. The molecule has 4 nitrogen and oxygen atoms in total. The molecular weight excluding hydrogens is 180 g/mol. The molecule has 0 aromatic carbocycles. The van der Waals surface area contributed by atoms with Crippen molar-refractivity contribution in [2.45, 2.75) is 19.3 Å². The topological polar surface area (TPSA) is 76.2 Å². The van der Waals surface area contributed by atoms with Crippen LogP contribution in [-0.4, -0.2) is 22.6 Å². The molecule has 14 heavy (non-hydrogen) atoms. The van der Waals surface area contributed by atoms with Crippen molar-refractivity contribution in [3.63, 3.8) is 0 Å². The first-order valence-electron chi connectivity index (χ1n) is 4.55. The Hall–Kier alpha value is -1.42. The van der Waals surface area contributed by atoms with Crippen molar-refractivity contribution in [2.75, 3.05) is 6.54 Å². The third-order valence-electron chi connectivity index (χ3n) is 2.16. The van der Waals surface area contributed by atoms with Gasteiger partial charge in [0.2, 0.25) is 0 Å². The molecule has 76 valence electrons. The molecule has 1 heterocycles. The lowest BCUT2D eigenvalue weighted by Crippen LogP contribution is -2.21. The van der Waals surface area contributed by atoms with E-state index in [-0.39, 0.29) is 6.54 Å². The average molecular weight is 194 g/mol. The molecule has 1 aromatic rings. The van der Waals surface area contributed by atoms with Crippen molar-refractivity contribution in [3.05, 3.63) is 29.6 Å². The van der Waals surface area contributed by atoms with E-state index in [0.717, 1.165) is 12.0 Å². The molecule has 0 aliphatic rings. The monoisotopic (exact) mass is 194 g/mol. The van der Waals surface area contributed by atoms with Gasteiger partial charge in [-0.1, -0.05) is 13.0 Å². The third-order valence-corrected chi connectivity index (χ3v) is 2.16. The Kier molecular flexibility index (Phi) is 3.59. The maximum absolute atomic E-state index is 10.8. The summed E-state index contributed by atoms with van der Waals surface area (Å²) < 4.78 is 0. The molecule has 0 fully saturated rings. The van der Waals surface area contributed by atoms with Gasteiger partial charge >= 0.3 is 5.97 Å². The fraction of sp³-hybridized carbons (Fsp3) is 0.400. The smallest absolute Gasteiger partial charge is 0.312 e. The summed E-state index contributed by atoms with van der Waals surface area (Å²) in [5.41, 5.74) is 7.10. The summed E-state index contributed by atoms with van der Waals surface area (Å²) >= 11 is 0. The van der Waals surface area contributed by atoms with Crippen LogP contribution >= 0.6 is 0 Å². The van der Waals surface area contributed by atoms with E-state index >= 15 is 0 Å². The van der Waals surface area contributed by atoms with E-state index < -0.39 is 11.9 Å². The highest BCUT2D eigenvalue weighted by atomic mass is 16.4. The number of hydrogen-bond donors (Lipinski definition) is 2. The third kappa shape index (κ3) is 2.29. The number of nitrogens with two attached hydrogens (primary N) is 1. The average Bonchev–Trinajstić information content (AvgIpc) is 2.19. The normalized spacial score (nSPS) is 12.4. The lowest BCUT2D eigenvalue weighted by molar-refractivity contribution is -0.138. The summed E-state index contributed by atoms with van der Waals surface area (Å²) in [7, 11) is 0. The van der Waals surface area contributed by atoms with Gasteiger partial charge in [-0.05, 0) is 17.5 Å². The molecule has 3 N–H and O–H groups in total. The maximum Gasteiger partial charge on any atom is 0.312 e. The number of carbonyl (C=O) groups is 1. The molecule has 4 heteroatoms. The highest BCUT2D eigenvalue weighted by Gasteiger charge is 2.18. The zero-order valence-electron chi connectivity index (χ0n) is 8.10. The highest BCUT2D eigenvalue weighted by Crippen LogP contribution is 2.15. The second-order valence-corrected chi connectivity index (χ2v) is 3.11. The zero-order valence-corrected chi connectivity index (χ0v) is 8.10. The molecule has 0 saturated heterocycles. The molecule has 0 saturated carbocycles. The molecule has 0 amide bonds. The molecular formula is C10H14N2O2. The molecule has 0 spiro atoms. The summed E-state index contributed by atoms with van der Waals surface area (Å²) in [6.07, 6.45) is 4.14. The molecule has 0 aliphatic heterocycles. The van der Waals surface area contributed by atoms with Gasteiger partial charge in [-0.3, -0.25) is 9.78 Å². The Bertz CT molecular complexity index is 326. The predicted octanol–water partition coefficient (Wildman–Crippen LogP) is 0.771. The first-order chi connectivity index (χ1) is 6.69. The predicted molar refractivity (Wildman–Crippen MR) is 53.0 cm³/mol. The number of hydrogen-bond acceptors (Lipinski definition) is 3. The zero-order chi connectivity index (χ0) is 10.6. The van der Waals surface area contributed by atoms with Crippen LogP contribution in [0.3, 0.4) is 0 Å². The Labute approximate surface area is 82.8 Å². The first-order valence-corrected chi connectivity index (χ1v) is 4.55. The molecule has 0 aliphatic carbocycles. The first kappa shape index (κ1) is 10.7. The van der Waals surface area contributed by atoms with Gasteiger partial charge in [0.15, 0.2) is 0 Å². The van der Waals surface area contributed by atoms with Crippen LogP contribution in [0.2, 0.25) is 0 Å². The number of nitrogens with zero attached hydrogens (tertiary/aromatic N) is 1. The Balaban J connectivity index is 2.98. The summed E-state index contributed by atoms with van der Waals surface area (Å²) in [5, 5.41) is 8.88. The fourth-order valence-corrected chi connectivity index (χ4v) is 1.27. The number of aliphatic carboxylic acids is 1. The van der Waals surface area contributed by atoms with E-state index in [9.17, 15) is 4.79 Å². The summed E-state index contributed by atoms with van der Waals surface area (Å²) in [5.74, 6) is -1.54. The van der Waals surface area contributed by atoms with Crippen molar-refractivity contribution >= 4 is 5.97 Å².